The first-order valence-electron chi connectivity index (χ1n) is 10.9. The van der Waals surface area contributed by atoms with Gasteiger partial charge >= 0.3 is 0 Å². The third-order valence-electron chi connectivity index (χ3n) is 7.13. The van der Waals surface area contributed by atoms with Crippen molar-refractivity contribution in [1.82, 2.24) is 0 Å². The minimum Gasteiger partial charge on any atom is -0.494 e. The first-order valence-corrected chi connectivity index (χ1v) is 10.9. The van der Waals surface area contributed by atoms with E-state index in [0.29, 0.717) is 18.4 Å². The summed E-state index contributed by atoms with van der Waals surface area (Å²) < 4.78 is 5.74. The molecule has 2 fully saturated rings. The highest BCUT2D eigenvalue weighted by molar-refractivity contribution is 5.36. The van der Waals surface area contributed by atoms with Crippen molar-refractivity contribution in [1.29, 1.82) is 0 Å². The van der Waals surface area contributed by atoms with E-state index in [2.05, 4.69) is 68.4 Å². The molecule has 2 aliphatic carbocycles. The summed E-state index contributed by atoms with van der Waals surface area (Å²) in [5.74, 6) is 2.53. The van der Waals surface area contributed by atoms with Gasteiger partial charge in [-0.1, -0.05) is 56.3 Å². The summed E-state index contributed by atoms with van der Waals surface area (Å²) in [6.45, 7) is 5.68. The van der Waals surface area contributed by atoms with Crippen molar-refractivity contribution >= 4 is 0 Å². The van der Waals surface area contributed by atoms with Crippen molar-refractivity contribution in [3.05, 3.63) is 65.7 Å². The average Bonchev–Trinajstić information content (AvgIpc) is 2.68. The molecule has 28 heavy (non-hydrogen) atoms. The van der Waals surface area contributed by atoms with Crippen molar-refractivity contribution in [3.63, 3.8) is 0 Å². The summed E-state index contributed by atoms with van der Waals surface area (Å²) in [6, 6.07) is 20.1. The molecule has 0 spiro atoms. The van der Waals surface area contributed by atoms with Crippen LogP contribution in [0.25, 0.3) is 0 Å². The standard InChI is InChI=1S/C26H34O2/c1-20-15-21-17-25(2,22-9-11-24(12-10-22)28-14-6-13-27)19-26(16-20,18-21)23-7-4-3-5-8-23/h3-5,7-12,20-21,27H,6,13-19H2,1-2H3. The SMILES string of the molecule is CC1CC2CC(C)(c3ccc(OCCCO)cc3)CC(c3ccccc3)(C1)C2. The Morgan fingerprint density at radius 2 is 1.71 bits per heavy atom. The molecule has 2 aromatic rings. The van der Waals surface area contributed by atoms with Gasteiger partial charge in [0.2, 0.25) is 0 Å². The normalized spacial score (nSPS) is 32.1. The highest BCUT2D eigenvalue weighted by atomic mass is 16.5. The molecule has 1 N–H and O–H groups in total. The van der Waals surface area contributed by atoms with E-state index in [4.69, 9.17) is 9.84 Å². The Morgan fingerprint density at radius 3 is 2.43 bits per heavy atom. The molecule has 0 heterocycles. The van der Waals surface area contributed by atoms with Gasteiger partial charge < -0.3 is 9.84 Å². The van der Waals surface area contributed by atoms with Crippen molar-refractivity contribution in [2.24, 2.45) is 11.8 Å². The molecule has 4 unspecified atom stereocenters. The Balaban J connectivity index is 1.61. The largest absolute Gasteiger partial charge is 0.494 e. The summed E-state index contributed by atoms with van der Waals surface area (Å²) in [5, 5.41) is 8.93. The molecule has 2 nitrogen and oxygen atoms in total. The van der Waals surface area contributed by atoms with Crippen LogP contribution < -0.4 is 4.74 Å². The molecule has 4 atom stereocenters. The van der Waals surface area contributed by atoms with Crippen LogP contribution >= 0.6 is 0 Å². The van der Waals surface area contributed by atoms with Gasteiger partial charge in [-0.25, -0.2) is 0 Å². The van der Waals surface area contributed by atoms with Gasteiger partial charge in [-0.2, -0.15) is 0 Å². The second kappa shape index (κ2) is 7.91. The lowest BCUT2D eigenvalue weighted by molar-refractivity contribution is 0.0592. The van der Waals surface area contributed by atoms with E-state index in [1.165, 1.54) is 37.7 Å². The zero-order valence-electron chi connectivity index (χ0n) is 17.4. The molecule has 0 aliphatic heterocycles. The van der Waals surface area contributed by atoms with Gasteiger partial charge in [0, 0.05) is 13.0 Å². The summed E-state index contributed by atoms with van der Waals surface area (Å²) in [5.41, 5.74) is 3.51. The Kier molecular flexibility index (Phi) is 5.51. The van der Waals surface area contributed by atoms with E-state index in [0.717, 1.165) is 17.6 Å². The molecule has 2 bridgehead atoms. The number of ether oxygens (including phenoxy) is 1. The monoisotopic (exact) mass is 378 g/mol. The second-order valence-corrected chi connectivity index (χ2v) is 9.65. The third kappa shape index (κ3) is 3.85. The smallest absolute Gasteiger partial charge is 0.119 e. The quantitative estimate of drug-likeness (QED) is 0.637. The van der Waals surface area contributed by atoms with E-state index in [9.17, 15) is 0 Å². The van der Waals surface area contributed by atoms with Crippen LogP contribution in [0.4, 0.5) is 0 Å². The lowest BCUT2D eigenvalue weighted by Crippen LogP contribution is -2.48. The van der Waals surface area contributed by atoms with E-state index in [1.807, 2.05) is 0 Å². The van der Waals surface area contributed by atoms with Crippen molar-refractivity contribution in [3.8, 4) is 5.75 Å². The molecule has 2 saturated carbocycles. The van der Waals surface area contributed by atoms with Crippen LogP contribution in [0, 0.1) is 11.8 Å². The Morgan fingerprint density at radius 1 is 0.964 bits per heavy atom. The van der Waals surface area contributed by atoms with Gasteiger partial charge in [0.05, 0.1) is 6.61 Å². The fourth-order valence-electron chi connectivity index (χ4n) is 6.35. The maximum atomic E-state index is 8.93. The zero-order chi connectivity index (χ0) is 19.6. The van der Waals surface area contributed by atoms with Gasteiger partial charge in [0.1, 0.15) is 5.75 Å². The number of hydrogen-bond acceptors (Lipinski definition) is 2. The Hall–Kier alpha value is -1.80. The minimum absolute atomic E-state index is 0.178. The van der Waals surface area contributed by atoms with Gasteiger partial charge in [0.15, 0.2) is 0 Å². The van der Waals surface area contributed by atoms with E-state index in [1.54, 1.807) is 5.56 Å². The molecule has 0 radical (unpaired) electrons. The molecular formula is C26H34O2. The zero-order valence-corrected chi connectivity index (χ0v) is 17.4. The fraction of sp³-hybridized carbons (Fsp3) is 0.538. The first kappa shape index (κ1) is 19.5. The van der Waals surface area contributed by atoms with Crippen LogP contribution in [0.2, 0.25) is 0 Å². The van der Waals surface area contributed by atoms with Crippen LogP contribution in [0.15, 0.2) is 54.6 Å². The topological polar surface area (TPSA) is 29.5 Å². The van der Waals surface area contributed by atoms with Gasteiger partial charge in [-0.3, -0.25) is 0 Å². The molecule has 150 valence electrons. The van der Waals surface area contributed by atoms with Gasteiger partial charge in [-0.05, 0) is 78.0 Å². The lowest BCUT2D eigenvalue weighted by Gasteiger charge is -2.55. The molecule has 2 aliphatic rings. The molecule has 4 rings (SSSR count). The summed E-state index contributed by atoms with van der Waals surface area (Å²) in [6.07, 6.45) is 7.22. The predicted molar refractivity (Wildman–Crippen MR) is 115 cm³/mol. The summed E-state index contributed by atoms with van der Waals surface area (Å²) >= 11 is 0. The van der Waals surface area contributed by atoms with Crippen molar-refractivity contribution < 1.29 is 9.84 Å². The van der Waals surface area contributed by atoms with Crippen LogP contribution in [0.3, 0.4) is 0 Å². The summed E-state index contributed by atoms with van der Waals surface area (Å²) in [7, 11) is 0. The number of fused-ring (bicyclic) bond motifs is 2. The molecule has 0 amide bonds. The van der Waals surface area contributed by atoms with Gasteiger partial charge in [-0.15, -0.1) is 0 Å². The van der Waals surface area contributed by atoms with E-state index in [-0.39, 0.29) is 12.0 Å². The van der Waals surface area contributed by atoms with Crippen molar-refractivity contribution in [2.45, 2.75) is 63.2 Å². The number of benzene rings is 2. The molecule has 0 saturated heterocycles. The lowest BCUT2D eigenvalue weighted by atomic mass is 9.49. The number of hydrogen-bond donors (Lipinski definition) is 1. The van der Waals surface area contributed by atoms with Crippen LogP contribution in [-0.2, 0) is 10.8 Å². The highest BCUT2D eigenvalue weighted by Crippen LogP contribution is 2.58. The number of aliphatic hydroxyl groups is 1. The Bertz CT molecular complexity index is 765. The maximum Gasteiger partial charge on any atom is 0.119 e. The number of aliphatic hydroxyl groups excluding tert-OH is 1. The van der Waals surface area contributed by atoms with Crippen LogP contribution in [0.5, 0.6) is 5.75 Å². The molecular weight excluding hydrogens is 344 g/mol. The van der Waals surface area contributed by atoms with E-state index >= 15 is 0 Å². The third-order valence-corrected chi connectivity index (χ3v) is 7.13. The van der Waals surface area contributed by atoms with Crippen LogP contribution in [0.1, 0.15) is 63.5 Å². The fourth-order valence-corrected chi connectivity index (χ4v) is 6.35. The van der Waals surface area contributed by atoms with Gasteiger partial charge in [0.25, 0.3) is 0 Å². The second-order valence-electron chi connectivity index (χ2n) is 9.65. The first-order chi connectivity index (χ1) is 13.5. The molecule has 2 aromatic carbocycles. The number of rotatable bonds is 6. The minimum atomic E-state index is 0.178. The summed E-state index contributed by atoms with van der Waals surface area (Å²) in [4.78, 5) is 0. The Labute approximate surface area is 169 Å². The van der Waals surface area contributed by atoms with E-state index < -0.39 is 0 Å². The molecule has 0 aromatic heterocycles. The van der Waals surface area contributed by atoms with Crippen LogP contribution in [-0.4, -0.2) is 18.3 Å². The maximum absolute atomic E-state index is 8.93. The highest BCUT2D eigenvalue weighted by Gasteiger charge is 2.50. The average molecular weight is 379 g/mol. The van der Waals surface area contributed by atoms with Crippen molar-refractivity contribution in [2.75, 3.05) is 13.2 Å². The molecule has 2 heteroatoms. The predicted octanol–water partition coefficient (Wildman–Crippen LogP) is 5.87.